The van der Waals surface area contributed by atoms with Crippen LogP contribution in [-0.2, 0) is 19.4 Å². The van der Waals surface area contributed by atoms with Crippen molar-refractivity contribution in [1.29, 1.82) is 0 Å². The summed E-state index contributed by atoms with van der Waals surface area (Å²) in [5.74, 6) is 2.04. The second kappa shape index (κ2) is 5.01. The van der Waals surface area contributed by atoms with Crippen molar-refractivity contribution in [2.75, 3.05) is 0 Å². The molecule has 1 heterocycles. The second-order valence-electron chi connectivity index (χ2n) is 4.75. The van der Waals surface area contributed by atoms with Crippen LogP contribution in [0, 0.1) is 0 Å². The molecule has 5 heteroatoms. The number of aryl methyl sites for hydroxylation is 2. The monoisotopic (exact) mass is 259 g/mol. The lowest BCUT2D eigenvalue weighted by molar-refractivity contribution is 0.242. The molecular weight excluding hydrogens is 242 g/mol. The molecule has 19 heavy (non-hydrogen) atoms. The van der Waals surface area contributed by atoms with Crippen molar-refractivity contribution in [1.82, 2.24) is 10.1 Å². The molecule has 0 aliphatic heterocycles. The Bertz CT molecular complexity index is 580. The van der Waals surface area contributed by atoms with Gasteiger partial charge in [-0.25, -0.2) is 0 Å². The summed E-state index contributed by atoms with van der Waals surface area (Å²) in [6.07, 6.45) is 2.80. The van der Waals surface area contributed by atoms with E-state index < -0.39 is 0 Å². The summed E-state index contributed by atoms with van der Waals surface area (Å²) >= 11 is 0. The summed E-state index contributed by atoms with van der Waals surface area (Å²) in [6, 6.07) is 6.22. The third kappa shape index (κ3) is 2.46. The first kappa shape index (κ1) is 12.2. The minimum Gasteiger partial charge on any atom is -0.484 e. The van der Waals surface area contributed by atoms with Crippen LogP contribution in [0.25, 0.3) is 0 Å². The standard InChI is InChI=1S/C14H17N3O2/c1-2-13-16-14(19-17-13)8-18-10-4-5-11-9(7-10)3-6-12(11)15/h4-5,7,12H,2-3,6,8,15H2,1H3/t12-/m1/s1. The zero-order chi connectivity index (χ0) is 13.2. The van der Waals surface area contributed by atoms with E-state index in [4.69, 9.17) is 15.0 Å². The second-order valence-corrected chi connectivity index (χ2v) is 4.75. The van der Waals surface area contributed by atoms with E-state index >= 15 is 0 Å². The van der Waals surface area contributed by atoms with Gasteiger partial charge < -0.3 is 15.0 Å². The number of hydrogen-bond donors (Lipinski definition) is 1. The van der Waals surface area contributed by atoms with Crippen LogP contribution in [0.5, 0.6) is 5.75 Å². The number of ether oxygens (including phenoxy) is 1. The Kier molecular flexibility index (Phi) is 3.21. The molecule has 1 aliphatic carbocycles. The summed E-state index contributed by atoms with van der Waals surface area (Å²) in [5, 5.41) is 3.83. The fraction of sp³-hybridized carbons (Fsp3) is 0.429. The molecule has 0 saturated heterocycles. The van der Waals surface area contributed by atoms with Gasteiger partial charge in [-0.05, 0) is 36.1 Å². The molecule has 100 valence electrons. The van der Waals surface area contributed by atoms with Gasteiger partial charge in [-0.3, -0.25) is 0 Å². The minimum absolute atomic E-state index is 0.173. The maximum Gasteiger partial charge on any atom is 0.264 e. The quantitative estimate of drug-likeness (QED) is 0.910. The SMILES string of the molecule is CCc1noc(COc2ccc3c(c2)CC[C@H]3N)n1. The van der Waals surface area contributed by atoms with E-state index in [1.165, 1.54) is 11.1 Å². The summed E-state index contributed by atoms with van der Waals surface area (Å²) < 4.78 is 10.8. The highest BCUT2D eigenvalue weighted by molar-refractivity contribution is 5.40. The maximum atomic E-state index is 6.01. The van der Waals surface area contributed by atoms with Gasteiger partial charge in [0, 0.05) is 12.5 Å². The van der Waals surface area contributed by atoms with Gasteiger partial charge in [0.1, 0.15) is 5.75 Å². The molecule has 1 aromatic heterocycles. The van der Waals surface area contributed by atoms with Crippen molar-refractivity contribution in [2.24, 2.45) is 5.73 Å². The Balaban J connectivity index is 1.67. The Morgan fingerprint density at radius 2 is 2.37 bits per heavy atom. The summed E-state index contributed by atoms with van der Waals surface area (Å²) in [4.78, 5) is 4.21. The number of benzene rings is 1. The highest BCUT2D eigenvalue weighted by Gasteiger charge is 2.19. The molecule has 0 spiro atoms. The van der Waals surface area contributed by atoms with Crippen molar-refractivity contribution < 1.29 is 9.26 Å². The van der Waals surface area contributed by atoms with Crippen LogP contribution in [-0.4, -0.2) is 10.1 Å². The molecule has 0 amide bonds. The van der Waals surface area contributed by atoms with Gasteiger partial charge in [0.2, 0.25) is 0 Å². The number of aromatic nitrogens is 2. The number of rotatable bonds is 4. The maximum absolute atomic E-state index is 6.01. The van der Waals surface area contributed by atoms with Crippen LogP contribution in [0.4, 0.5) is 0 Å². The normalized spacial score (nSPS) is 17.5. The van der Waals surface area contributed by atoms with Gasteiger partial charge in [-0.2, -0.15) is 4.98 Å². The van der Waals surface area contributed by atoms with E-state index in [-0.39, 0.29) is 6.04 Å². The number of fused-ring (bicyclic) bond motifs is 1. The van der Waals surface area contributed by atoms with Gasteiger partial charge in [0.25, 0.3) is 5.89 Å². The highest BCUT2D eigenvalue weighted by Crippen LogP contribution is 2.31. The fourth-order valence-corrected chi connectivity index (χ4v) is 2.35. The molecule has 3 rings (SSSR count). The lowest BCUT2D eigenvalue weighted by Gasteiger charge is -2.07. The van der Waals surface area contributed by atoms with Crippen molar-refractivity contribution in [2.45, 2.75) is 38.8 Å². The number of hydrogen-bond acceptors (Lipinski definition) is 5. The van der Waals surface area contributed by atoms with Crippen molar-refractivity contribution >= 4 is 0 Å². The van der Waals surface area contributed by atoms with E-state index in [9.17, 15) is 0 Å². The third-order valence-electron chi connectivity index (χ3n) is 3.43. The predicted molar refractivity (Wildman–Crippen MR) is 69.7 cm³/mol. The first-order chi connectivity index (χ1) is 9.26. The molecule has 2 N–H and O–H groups in total. The topological polar surface area (TPSA) is 74.2 Å². The van der Waals surface area contributed by atoms with Crippen LogP contribution >= 0.6 is 0 Å². The van der Waals surface area contributed by atoms with Gasteiger partial charge in [-0.1, -0.05) is 18.1 Å². The highest BCUT2D eigenvalue weighted by atomic mass is 16.5. The predicted octanol–water partition coefficient (Wildman–Crippen LogP) is 2.16. The molecular formula is C14H17N3O2. The molecule has 0 bridgehead atoms. The lowest BCUT2D eigenvalue weighted by atomic mass is 10.1. The van der Waals surface area contributed by atoms with Gasteiger partial charge in [-0.15, -0.1) is 0 Å². The van der Waals surface area contributed by atoms with E-state index in [0.29, 0.717) is 18.3 Å². The first-order valence-electron chi connectivity index (χ1n) is 6.59. The molecule has 1 aromatic carbocycles. The van der Waals surface area contributed by atoms with Crippen LogP contribution in [0.15, 0.2) is 22.7 Å². The molecule has 1 aliphatic rings. The van der Waals surface area contributed by atoms with Crippen molar-refractivity contribution in [3.63, 3.8) is 0 Å². The zero-order valence-corrected chi connectivity index (χ0v) is 10.9. The Morgan fingerprint density at radius 3 is 3.16 bits per heavy atom. The molecule has 0 saturated carbocycles. The molecule has 2 aromatic rings. The average Bonchev–Trinajstić information content (AvgIpc) is 3.03. The van der Waals surface area contributed by atoms with Gasteiger partial charge in [0.15, 0.2) is 12.4 Å². The van der Waals surface area contributed by atoms with Crippen LogP contribution in [0.1, 0.15) is 42.2 Å². The number of nitrogens with zero attached hydrogens (tertiary/aromatic N) is 2. The minimum atomic E-state index is 0.173. The van der Waals surface area contributed by atoms with Crippen LogP contribution < -0.4 is 10.5 Å². The van der Waals surface area contributed by atoms with Crippen molar-refractivity contribution in [3.05, 3.63) is 41.0 Å². The average molecular weight is 259 g/mol. The molecule has 0 radical (unpaired) electrons. The molecule has 1 atom stereocenters. The summed E-state index contributed by atoms with van der Waals surface area (Å²) in [7, 11) is 0. The first-order valence-corrected chi connectivity index (χ1v) is 6.59. The van der Waals surface area contributed by atoms with E-state index in [1.54, 1.807) is 0 Å². The van der Waals surface area contributed by atoms with Crippen LogP contribution in [0.2, 0.25) is 0 Å². The lowest BCUT2D eigenvalue weighted by Crippen LogP contribution is -2.05. The Morgan fingerprint density at radius 1 is 1.47 bits per heavy atom. The fourth-order valence-electron chi connectivity index (χ4n) is 2.35. The summed E-state index contributed by atoms with van der Waals surface area (Å²) in [5.41, 5.74) is 8.52. The third-order valence-corrected chi connectivity index (χ3v) is 3.43. The molecule has 0 fully saturated rings. The smallest absolute Gasteiger partial charge is 0.264 e. The van der Waals surface area contributed by atoms with Gasteiger partial charge in [0.05, 0.1) is 0 Å². The van der Waals surface area contributed by atoms with Crippen molar-refractivity contribution in [3.8, 4) is 5.75 Å². The summed E-state index contributed by atoms with van der Waals surface area (Å²) in [6.45, 7) is 2.29. The zero-order valence-electron chi connectivity index (χ0n) is 10.9. The molecule has 0 unspecified atom stereocenters. The number of nitrogens with two attached hydrogens (primary N) is 1. The Hall–Kier alpha value is -1.88. The van der Waals surface area contributed by atoms with E-state index in [0.717, 1.165) is 25.0 Å². The molecule has 5 nitrogen and oxygen atoms in total. The van der Waals surface area contributed by atoms with Crippen LogP contribution in [0.3, 0.4) is 0 Å². The van der Waals surface area contributed by atoms with Gasteiger partial charge >= 0.3 is 0 Å². The Labute approximate surface area is 111 Å². The van der Waals surface area contributed by atoms with E-state index in [1.807, 2.05) is 19.1 Å². The largest absolute Gasteiger partial charge is 0.484 e. The van der Waals surface area contributed by atoms with E-state index in [2.05, 4.69) is 16.2 Å².